The number of H-pyrrole nitrogens is 1. The molecule has 2 rings (SSSR count). The number of hydrogen-bond acceptors (Lipinski definition) is 3. The first kappa shape index (κ1) is 13.8. The van der Waals surface area contributed by atoms with Gasteiger partial charge in [0, 0.05) is 16.8 Å². The van der Waals surface area contributed by atoms with Crippen molar-refractivity contribution in [3.05, 3.63) is 47.3 Å². The Hall–Kier alpha value is -2.61. The van der Waals surface area contributed by atoms with E-state index in [1.165, 1.54) is 0 Å². The summed E-state index contributed by atoms with van der Waals surface area (Å²) in [6.07, 6.45) is 0. The van der Waals surface area contributed by atoms with Crippen LogP contribution in [0.5, 0.6) is 0 Å². The predicted octanol–water partition coefficient (Wildman–Crippen LogP) is 2.83. The summed E-state index contributed by atoms with van der Waals surface area (Å²) in [5.41, 5.74) is 2.36. The van der Waals surface area contributed by atoms with Crippen molar-refractivity contribution in [1.29, 1.82) is 5.26 Å². The second-order valence-electron chi connectivity index (χ2n) is 5.56. The maximum absolute atomic E-state index is 12.1. The van der Waals surface area contributed by atoms with Crippen LogP contribution in [0, 0.1) is 11.3 Å². The number of amides is 1. The minimum atomic E-state index is -0.276. The predicted molar refractivity (Wildman–Crippen MR) is 76.4 cm³/mol. The molecule has 20 heavy (non-hydrogen) atoms. The van der Waals surface area contributed by atoms with E-state index in [1.54, 1.807) is 30.3 Å². The van der Waals surface area contributed by atoms with Gasteiger partial charge in [0.05, 0.1) is 11.6 Å². The summed E-state index contributed by atoms with van der Waals surface area (Å²) < 4.78 is 0. The van der Waals surface area contributed by atoms with E-state index >= 15 is 0 Å². The topological polar surface area (TPSA) is 81.6 Å². The van der Waals surface area contributed by atoms with Gasteiger partial charge >= 0.3 is 0 Å². The maximum Gasteiger partial charge on any atom is 0.276 e. The van der Waals surface area contributed by atoms with Crippen molar-refractivity contribution >= 4 is 11.6 Å². The van der Waals surface area contributed by atoms with Crippen LogP contribution in [-0.4, -0.2) is 16.1 Å². The Morgan fingerprint density at radius 2 is 1.95 bits per heavy atom. The van der Waals surface area contributed by atoms with E-state index in [2.05, 4.69) is 15.5 Å². The molecule has 1 aromatic carbocycles. The molecule has 0 saturated carbocycles. The number of nitrogens with zero attached hydrogens (tertiary/aromatic N) is 2. The van der Waals surface area contributed by atoms with Gasteiger partial charge < -0.3 is 5.32 Å². The maximum atomic E-state index is 12.1. The molecule has 1 heterocycles. The summed E-state index contributed by atoms with van der Waals surface area (Å²) in [5.74, 6) is -0.276. The molecule has 2 N–H and O–H groups in total. The Morgan fingerprint density at radius 3 is 2.45 bits per heavy atom. The van der Waals surface area contributed by atoms with E-state index in [9.17, 15) is 4.79 Å². The number of benzene rings is 1. The number of hydrogen-bond donors (Lipinski definition) is 2. The van der Waals surface area contributed by atoms with Crippen molar-refractivity contribution in [1.82, 2.24) is 10.2 Å². The number of carbonyl (C=O) groups is 1. The molecular formula is C15H16N4O. The number of aromatic nitrogens is 2. The average Bonchev–Trinajstić information content (AvgIpc) is 2.89. The summed E-state index contributed by atoms with van der Waals surface area (Å²) in [4.78, 5) is 12.1. The lowest BCUT2D eigenvalue weighted by atomic mass is 9.92. The van der Waals surface area contributed by atoms with Crippen LogP contribution in [0.1, 0.15) is 42.5 Å². The molecule has 0 aliphatic heterocycles. The fourth-order valence-corrected chi connectivity index (χ4v) is 1.65. The molecule has 0 aliphatic carbocycles. The van der Waals surface area contributed by atoms with Gasteiger partial charge in [-0.05, 0) is 30.3 Å². The largest absolute Gasteiger partial charge is 0.321 e. The normalized spacial score (nSPS) is 10.9. The number of anilines is 1. The van der Waals surface area contributed by atoms with Gasteiger partial charge in [-0.3, -0.25) is 9.89 Å². The fraction of sp³-hybridized carbons (Fsp3) is 0.267. The molecule has 102 valence electrons. The molecule has 0 spiro atoms. The smallest absolute Gasteiger partial charge is 0.276 e. The van der Waals surface area contributed by atoms with E-state index in [0.29, 0.717) is 16.9 Å². The first-order valence-corrected chi connectivity index (χ1v) is 6.27. The minimum absolute atomic E-state index is 0.0834. The van der Waals surface area contributed by atoms with Crippen molar-refractivity contribution in [3.8, 4) is 6.07 Å². The van der Waals surface area contributed by atoms with E-state index in [4.69, 9.17) is 5.26 Å². The zero-order valence-electron chi connectivity index (χ0n) is 11.7. The first-order valence-electron chi connectivity index (χ1n) is 6.27. The van der Waals surface area contributed by atoms with Crippen molar-refractivity contribution in [2.45, 2.75) is 26.2 Å². The van der Waals surface area contributed by atoms with Crippen LogP contribution in [0.15, 0.2) is 30.3 Å². The molecule has 5 heteroatoms. The molecule has 5 nitrogen and oxygen atoms in total. The van der Waals surface area contributed by atoms with Crippen LogP contribution in [0.4, 0.5) is 5.69 Å². The highest BCUT2D eigenvalue weighted by molar-refractivity contribution is 6.02. The third-order valence-electron chi connectivity index (χ3n) is 2.89. The lowest BCUT2D eigenvalue weighted by Crippen LogP contribution is -2.13. The molecule has 0 unspecified atom stereocenters. The molecule has 0 bridgehead atoms. The molecule has 0 fully saturated rings. The van der Waals surface area contributed by atoms with Gasteiger partial charge in [-0.15, -0.1) is 0 Å². The minimum Gasteiger partial charge on any atom is -0.321 e. The van der Waals surface area contributed by atoms with Gasteiger partial charge in [-0.25, -0.2) is 0 Å². The van der Waals surface area contributed by atoms with Gasteiger partial charge in [0.15, 0.2) is 5.69 Å². The van der Waals surface area contributed by atoms with E-state index in [1.807, 2.05) is 26.8 Å². The Balaban J connectivity index is 2.12. The molecular weight excluding hydrogens is 252 g/mol. The molecule has 1 aromatic heterocycles. The summed E-state index contributed by atoms with van der Waals surface area (Å²) in [7, 11) is 0. The van der Waals surface area contributed by atoms with Crippen LogP contribution in [0.3, 0.4) is 0 Å². The summed E-state index contributed by atoms with van der Waals surface area (Å²) in [6, 6.07) is 10.5. The monoisotopic (exact) mass is 268 g/mol. The highest BCUT2D eigenvalue weighted by atomic mass is 16.1. The van der Waals surface area contributed by atoms with E-state index in [-0.39, 0.29) is 11.3 Å². The SMILES string of the molecule is CC(C)(C)c1cc(C(=O)Nc2ccc(C#N)cc2)n[nH]1. The average molecular weight is 268 g/mol. The van der Waals surface area contributed by atoms with Gasteiger partial charge in [0.1, 0.15) is 0 Å². The van der Waals surface area contributed by atoms with Crippen molar-refractivity contribution < 1.29 is 4.79 Å². The lowest BCUT2D eigenvalue weighted by molar-refractivity contribution is 0.102. The van der Waals surface area contributed by atoms with Crippen molar-refractivity contribution in [2.75, 3.05) is 5.32 Å². The van der Waals surface area contributed by atoms with Crippen LogP contribution < -0.4 is 5.32 Å². The first-order chi connectivity index (χ1) is 9.40. The Kier molecular flexibility index (Phi) is 3.57. The van der Waals surface area contributed by atoms with Crippen molar-refractivity contribution in [3.63, 3.8) is 0 Å². The third-order valence-corrected chi connectivity index (χ3v) is 2.89. The van der Waals surface area contributed by atoms with Crippen molar-refractivity contribution in [2.24, 2.45) is 0 Å². The zero-order chi connectivity index (χ0) is 14.8. The highest BCUT2D eigenvalue weighted by Crippen LogP contribution is 2.20. The van der Waals surface area contributed by atoms with Gasteiger partial charge in [-0.1, -0.05) is 20.8 Å². The molecule has 0 aliphatic rings. The fourth-order valence-electron chi connectivity index (χ4n) is 1.65. The lowest BCUT2D eigenvalue weighted by Gasteiger charge is -2.14. The quantitative estimate of drug-likeness (QED) is 0.878. The number of rotatable bonds is 2. The second kappa shape index (κ2) is 5.17. The number of carbonyl (C=O) groups excluding carboxylic acids is 1. The highest BCUT2D eigenvalue weighted by Gasteiger charge is 2.19. The standard InChI is InChI=1S/C15H16N4O/c1-15(2,3)13-8-12(18-19-13)14(20)17-11-6-4-10(9-16)5-7-11/h4-8H,1-3H3,(H,17,20)(H,18,19). The Labute approximate surface area is 117 Å². The molecule has 0 saturated heterocycles. The Bertz CT molecular complexity index is 656. The molecule has 1 amide bonds. The number of nitriles is 1. The number of aromatic amines is 1. The molecule has 2 aromatic rings. The zero-order valence-corrected chi connectivity index (χ0v) is 11.7. The summed E-state index contributed by atoms with van der Waals surface area (Å²) >= 11 is 0. The van der Waals surface area contributed by atoms with Crippen LogP contribution >= 0.6 is 0 Å². The Morgan fingerprint density at radius 1 is 1.30 bits per heavy atom. The van der Waals surface area contributed by atoms with Gasteiger partial charge in [0.25, 0.3) is 5.91 Å². The van der Waals surface area contributed by atoms with Crippen LogP contribution in [0.2, 0.25) is 0 Å². The van der Waals surface area contributed by atoms with Crippen LogP contribution in [-0.2, 0) is 5.41 Å². The summed E-state index contributed by atoms with van der Waals surface area (Å²) in [6.45, 7) is 6.13. The second-order valence-corrected chi connectivity index (χ2v) is 5.56. The molecule has 0 radical (unpaired) electrons. The van der Waals surface area contributed by atoms with Gasteiger partial charge in [-0.2, -0.15) is 10.4 Å². The summed E-state index contributed by atoms with van der Waals surface area (Å²) in [5, 5.41) is 18.4. The van der Waals surface area contributed by atoms with E-state index < -0.39 is 0 Å². The third kappa shape index (κ3) is 3.04. The van der Waals surface area contributed by atoms with Crippen LogP contribution in [0.25, 0.3) is 0 Å². The van der Waals surface area contributed by atoms with Gasteiger partial charge in [0.2, 0.25) is 0 Å². The number of nitrogens with one attached hydrogen (secondary N) is 2. The van der Waals surface area contributed by atoms with E-state index in [0.717, 1.165) is 5.69 Å². The molecule has 0 atom stereocenters.